The van der Waals surface area contributed by atoms with Crippen LogP contribution in [0.2, 0.25) is 0 Å². The predicted molar refractivity (Wildman–Crippen MR) is 121 cm³/mol. The lowest BCUT2D eigenvalue weighted by Gasteiger charge is -2.25. The van der Waals surface area contributed by atoms with E-state index in [1.807, 2.05) is 19.1 Å². The molecule has 3 nitrogen and oxygen atoms in total. The molecule has 0 fully saturated rings. The molecule has 0 bridgehead atoms. The third kappa shape index (κ3) is 13.7. The van der Waals surface area contributed by atoms with Gasteiger partial charge in [-0.1, -0.05) is 46.6 Å². The topological polar surface area (TPSA) is 49.7 Å². The molecule has 0 unspecified atom stereocenters. The SMILES string of the molecule is C/C=C(/CO)CCCC(C)(C)COC(/C=C(\C=C(/C)O)CCCCC)=C\CC. The van der Waals surface area contributed by atoms with E-state index in [2.05, 4.69) is 39.8 Å². The van der Waals surface area contributed by atoms with Gasteiger partial charge in [-0.3, -0.25) is 0 Å². The zero-order valence-corrected chi connectivity index (χ0v) is 19.2. The van der Waals surface area contributed by atoms with Gasteiger partial charge in [0.05, 0.1) is 19.0 Å². The van der Waals surface area contributed by atoms with E-state index in [9.17, 15) is 10.2 Å². The van der Waals surface area contributed by atoms with Crippen LogP contribution in [0.1, 0.15) is 92.9 Å². The lowest BCUT2D eigenvalue weighted by molar-refractivity contribution is 0.113. The van der Waals surface area contributed by atoms with Crippen molar-refractivity contribution < 1.29 is 14.9 Å². The summed E-state index contributed by atoms with van der Waals surface area (Å²) in [6.45, 7) is 13.3. The monoisotopic (exact) mass is 392 g/mol. The van der Waals surface area contributed by atoms with Crippen LogP contribution in [0.4, 0.5) is 0 Å². The number of unbranched alkanes of at least 4 members (excludes halogenated alkanes) is 2. The van der Waals surface area contributed by atoms with E-state index in [-0.39, 0.29) is 12.0 Å². The number of rotatable bonds is 15. The molecule has 28 heavy (non-hydrogen) atoms. The molecule has 2 N–H and O–H groups in total. The zero-order chi connectivity index (χ0) is 21.4. The normalized spacial score (nSPS) is 14.5. The summed E-state index contributed by atoms with van der Waals surface area (Å²) >= 11 is 0. The van der Waals surface area contributed by atoms with Gasteiger partial charge in [-0.05, 0) is 87.2 Å². The van der Waals surface area contributed by atoms with Crippen molar-refractivity contribution >= 4 is 0 Å². The Kier molecular flexibility index (Phi) is 14.6. The van der Waals surface area contributed by atoms with Crippen LogP contribution in [0.25, 0.3) is 0 Å². The Morgan fingerprint density at radius 2 is 1.75 bits per heavy atom. The van der Waals surface area contributed by atoms with Crippen LogP contribution in [-0.4, -0.2) is 23.4 Å². The molecule has 0 saturated carbocycles. The van der Waals surface area contributed by atoms with E-state index in [1.165, 1.54) is 12.8 Å². The first-order valence-corrected chi connectivity index (χ1v) is 10.9. The highest BCUT2D eigenvalue weighted by molar-refractivity contribution is 5.28. The third-order valence-electron chi connectivity index (χ3n) is 4.79. The number of ether oxygens (including phenoxy) is 1. The van der Waals surface area contributed by atoms with Gasteiger partial charge in [0.15, 0.2) is 0 Å². The minimum atomic E-state index is 0.0695. The summed E-state index contributed by atoms with van der Waals surface area (Å²) < 4.78 is 6.19. The Labute approximate surface area is 173 Å². The fourth-order valence-electron chi connectivity index (χ4n) is 3.04. The summed E-state index contributed by atoms with van der Waals surface area (Å²) in [6.07, 6.45) is 16.4. The predicted octanol–water partition coefficient (Wildman–Crippen LogP) is 7.40. The first kappa shape index (κ1) is 26.5. The summed E-state index contributed by atoms with van der Waals surface area (Å²) in [5, 5.41) is 19.0. The van der Waals surface area contributed by atoms with Crippen molar-refractivity contribution in [2.75, 3.05) is 13.2 Å². The van der Waals surface area contributed by atoms with Gasteiger partial charge < -0.3 is 14.9 Å². The molecule has 0 radical (unpaired) electrons. The van der Waals surface area contributed by atoms with Crippen molar-refractivity contribution in [2.45, 2.75) is 92.9 Å². The average molecular weight is 393 g/mol. The van der Waals surface area contributed by atoms with E-state index < -0.39 is 0 Å². The Balaban J connectivity index is 4.93. The van der Waals surface area contributed by atoms with Gasteiger partial charge in [0.1, 0.15) is 5.76 Å². The molecule has 0 aromatic heterocycles. The van der Waals surface area contributed by atoms with Gasteiger partial charge in [-0.2, -0.15) is 0 Å². The van der Waals surface area contributed by atoms with E-state index >= 15 is 0 Å². The minimum Gasteiger partial charge on any atom is -0.513 e. The lowest BCUT2D eigenvalue weighted by atomic mass is 9.87. The summed E-state index contributed by atoms with van der Waals surface area (Å²) in [5.74, 6) is 1.23. The molecule has 3 heteroatoms. The van der Waals surface area contributed by atoms with Crippen molar-refractivity contribution in [3.05, 3.63) is 47.0 Å². The first-order valence-electron chi connectivity index (χ1n) is 10.9. The fraction of sp³-hybridized carbons (Fsp3) is 0.680. The van der Waals surface area contributed by atoms with E-state index in [0.29, 0.717) is 12.4 Å². The molecule has 0 aliphatic rings. The van der Waals surface area contributed by atoms with Crippen LogP contribution in [-0.2, 0) is 4.74 Å². The van der Waals surface area contributed by atoms with Crippen LogP contribution in [0.15, 0.2) is 47.0 Å². The van der Waals surface area contributed by atoms with Crippen LogP contribution >= 0.6 is 0 Å². The second-order valence-corrected chi connectivity index (χ2v) is 8.39. The number of hydrogen-bond acceptors (Lipinski definition) is 3. The first-order chi connectivity index (χ1) is 13.3. The molecular weight excluding hydrogens is 348 g/mol. The molecule has 0 heterocycles. The fourth-order valence-corrected chi connectivity index (χ4v) is 3.04. The maximum Gasteiger partial charge on any atom is 0.115 e. The average Bonchev–Trinajstić information content (AvgIpc) is 2.63. The molecule has 0 aliphatic carbocycles. The molecule has 0 amide bonds. The van der Waals surface area contributed by atoms with Crippen LogP contribution in [0, 0.1) is 5.41 Å². The number of allylic oxidation sites excluding steroid dienone is 6. The Morgan fingerprint density at radius 3 is 2.29 bits per heavy atom. The number of hydrogen-bond donors (Lipinski definition) is 2. The standard InChI is InChI=1S/C25H44O3/c1-7-10-11-14-23(17-21(4)27)18-24(13-8-2)28-20-25(5,6)16-12-15-22(9-3)19-26/h9,13,17-18,26-27H,7-8,10-12,14-16,19-20H2,1-6H3/b21-17+,22-9+,23-18-,24-13-. The quantitative estimate of drug-likeness (QED) is 0.132. The Hall–Kier alpha value is -1.48. The molecule has 0 aromatic carbocycles. The van der Waals surface area contributed by atoms with E-state index in [4.69, 9.17) is 4.74 Å². The third-order valence-corrected chi connectivity index (χ3v) is 4.79. The van der Waals surface area contributed by atoms with Crippen molar-refractivity contribution in [1.29, 1.82) is 0 Å². The van der Waals surface area contributed by atoms with Gasteiger partial charge >= 0.3 is 0 Å². The van der Waals surface area contributed by atoms with Gasteiger partial charge in [-0.25, -0.2) is 0 Å². The van der Waals surface area contributed by atoms with E-state index in [0.717, 1.165) is 55.4 Å². The lowest BCUT2D eigenvalue weighted by Crippen LogP contribution is -2.19. The summed E-state index contributed by atoms with van der Waals surface area (Å²) in [6, 6.07) is 0. The Bertz CT molecular complexity index is 532. The highest BCUT2D eigenvalue weighted by Crippen LogP contribution is 2.26. The Morgan fingerprint density at radius 1 is 1.04 bits per heavy atom. The summed E-state index contributed by atoms with van der Waals surface area (Å²) in [5.41, 5.74) is 2.29. The smallest absolute Gasteiger partial charge is 0.115 e. The zero-order valence-electron chi connectivity index (χ0n) is 19.2. The van der Waals surface area contributed by atoms with Crippen LogP contribution in [0.3, 0.4) is 0 Å². The van der Waals surface area contributed by atoms with Crippen LogP contribution < -0.4 is 0 Å². The maximum absolute atomic E-state index is 9.70. The van der Waals surface area contributed by atoms with Gasteiger partial charge in [-0.15, -0.1) is 0 Å². The van der Waals surface area contributed by atoms with Gasteiger partial charge in [0.25, 0.3) is 0 Å². The minimum absolute atomic E-state index is 0.0695. The largest absolute Gasteiger partial charge is 0.513 e. The second kappa shape index (κ2) is 15.4. The molecule has 0 aromatic rings. The number of aliphatic hydroxyl groups excluding tert-OH is 2. The van der Waals surface area contributed by atoms with E-state index in [1.54, 1.807) is 6.92 Å². The van der Waals surface area contributed by atoms with Crippen molar-refractivity contribution in [3.63, 3.8) is 0 Å². The van der Waals surface area contributed by atoms with Crippen molar-refractivity contribution in [1.82, 2.24) is 0 Å². The highest BCUT2D eigenvalue weighted by Gasteiger charge is 2.19. The van der Waals surface area contributed by atoms with Crippen molar-refractivity contribution in [2.24, 2.45) is 5.41 Å². The molecule has 0 saturated heterocycles. The molecule has 0 rings (SSSR count). The summed E-state index contributed by atoms with van der Waals surface area (Å²) in [7, 11) is 0. The van der Waals surface area contributed by atoms with Crippen molar-refractivity contribution in [3.8, 4) is 0 Å². The number of aliphatic hydroxyl groups is 2. The summed E-state index contributed by atoms with van der Waals surface area (Å²) in [4.78, 5) is 0. The molecule has 0 aliphatic heterocycles. The van der Waals surface area contributed by atoms with Crippen LogP contribution in [0.5, 0.6) is 0 Å². The highest BCUT2D eigenvalue weighted by atomic mass is 16.5. The molecular formula is C25H44O3. The molecule has 0 atom stereocenters. The second-order valence-electron chi connectivity index (χ2n) is 8.39. The maximum atomic E-state index is 9.70. The molecule has 0 spiro atoms. The van der Waals surface area contributed by atoms with Gasteiger partial charge in [0, 0.05) is 0 Å². The molecule has 162 valence electrons. The van der Waals surface area contributed by atoms with Gasteiger partial charge in [0.2, 0.25) is 0 Å².